The molecule has 0 aliphatic rings. The van der Waals surface area contributed by atoms with E-state index in [1.165, 1.54) is 36.0 Å². The van der Waals surface area contributed by atoms with Gasteiger partial charge >= 0.3 is 12.4 Å². The summed E-state index contributed by atoms with van der Waals surface area (Å²) in [5, 5.41) is 10.7. The molecule has 0 saturated carbocycles. The second-order valence-corrected chi connectivity index (χ2v) is 10.9. The van der Waals surface area contributed by atoms with Crippen molar-refractivity contribution in [1.82, 2.24) is 4.83 Å². The number of carbonyl (C=O) groups excluding carboxylic acids is 1. The van der Waals surface area contributed by atoms with Crippen molar-refractivity contribution in [2.24, 2.45) is 5.73 Å². The number of sulfonamides is 1. The number of aromatic hydroxyl groups is 1. The molecule has 4 aromatic carbocycles. The van der Waals surface area contributed by atoms with E-state index in [9.17, 15) is 40.3 Å². The highest BCUT2D eigenvalue weighted by atomic mass is 32.2. The number of halogens is 5. The van der Waals surface area contributed by atoms with Crippen molar-refractivity contribution >= 4 is 33.5 Å². The van der Waals surface area contributed by atoms with E-state index in [4.69, 9.17) is 5.73 Å². The molecular weight excluding hydrogens is 593 g/mol. The number of nitrogens with two attached hydrogens (primary N) is 1. The number of rotatable bonds is 8. The summed E-state index contributed by atoms with van der Waals surface area (Å²) in [6.07, 6.45) is -4.84. The molecule has 0 aliphatic carbocycles. The largest absolute Gasteiger partial charge is 0.573 e. The minimum absolute atomic E-state index is 0.284. The average Bonchev–Trinajstić information content (AvgIpc) is 2.88. The Morgan fingerprint density at radius 1 is 0.951 bits per heavy atom. The molecule has 0 atom stereocenters. The van der Waals surface area contributed by atoms with Gasteiger partial charge in [-0.25, -0.2) is 27.0 Å². The zero-order chi connectivity index (χ0) is 29.9. The molecule has 0 fully saturated rings. The van der Waals surface area contributed by atoms with Crippen LogP contribution in [0.3, 0.4) is 0 Å². The number of phenolic OH excluding ortho intramolecular Hbond substituents is 1. The molecule has 41 heavy (non-hydrogen) atoms. The van der Waals surface area contributed by atoms with Crippen molar-refractivity contribution in [3.05, 3.63) is 96.6 Å². The summed E-state index contributed by atoms with van der Waals surface area (Å²) in [7, 11) is -4.82. The molecular formula is C26H18F5N3O5S2. The Balaban J connectivity index is 1.67. The van der Waals surface area contributed by atoms with Gasteiger partial charge in [-0.3, -0.25) is 0 Å². The Labute approximate surface area is 234 Å². The van der Waals surface area contributed by atoms with Gasteiger partial charge in [0.05, 0.1) is 0 Å². The Morgan fingerprint density at radius 3 is 2.27 bits per heavy atom. The molecule has 0 heterocycles. The summed E-state index contributed by atoms with van der Waals surface area (Å²) in [5.41, 5.74) is 5.86. The predicted molar refractivity (Wildman–Crippen MR) is 140 cm³/mol. The zero-order valence-corrected chi connectivity index (χ0v) is 22.0. The van der Waals surface area contributed by atoms with E-state index in [-0.39, 0.29) is 5.01 Å². The van der Waals surface area contributed by atoms with Gasteiger partial charge in [0.2, 0.25) is 0 Å². The van der Waals surface area contributed by atoms with E-state index in [0.29, 0.717) is 39.1 Å². The Morgan fingerprint density at radius 2 is 1.63 bits per heavy atom. The van der Waals surface area contributed by atoms with Crippen molar-refractivity contribution in [2.45, 2.75) is 21.0 Å². The second-order valence-electron chi connectivity index (χ2n) is 8.16. The second kappa shape index (κ2) is 11.6. The van der Waals surface area contributed by atoms with E-state index < -0.39 is 56.1 Å². The van der Waals surface area contributed by atoms with Gasteiger partial charge in [-0.1, -0.05) is 36.0 Å². The van der Waals surface area contributed by atoms with Crippen LogP contribution >= 0.6 is 11.8 Å². The molecule has 4 aromatic rings. The Kier molecular flexibility index (Phi) is 8.42. The number of hydrogen-bond acceptors (Lipinski definition) is 6. The third kappa shape index (κ3) is 7.25. The van der Waals surface area contributed by atoms with Crippen LogP contribution in [0, 0.1) is 11.6 Å². The lowest BCUT2D eigenvalue weighted by atomic mass is 10.0. The maximum absolute atomic E-state index is 14.2. The average molecular weight is 612 g/mol. The van der Waals surface area contributed by atoms with Crippen LogP contribution in [0.4, 0.5) is 32.4 Å². The van der Waals surface area contributed by atoms with Crippen LogP contribution in [-0.4, -0.2) is 25.9 Å². The number of nitrogens with one attached hydrogen (secondary N) is 1. The maximum Gasteiger partial charge on any atom is 0.573 e. The summed E-state index contributed by atoms with van der Waals surface area (Å²) in [5.74, 6) is -3.42. The summed E-state index contributed by atoms with van der Waals surface area (Å²) >= 11 is 1.18. The molecule has 4 rings (SSSR count). The fourth-order valence-corrected chi connectivity index (χ4v) is 5.63. The Hall–Kier alpha value is -4.34. The molecule has 0 saturated heterocycles. The summed E-state index contributed by atoms with van der Waals surface area (Å²) < 4.78 is 94.3. The standard InChI is InChI=1S/C26H18F5N3O5S2/c27-16-6-12-24(20(28)14-16)41(37,38)33-34(25(32)36)21-13-15(5-11-22(21)35)19-3-1-2-4-23(19)40-18-9-7-17(8-10-18)39-26(29,30)31/h1-14,33,35H,(H2,32,36). The summed E-state index contributed by atoms with van der Waals surface area (Å²) in [6.45, 7) is 0. The van der Waals surface area contributed by atoms with Gasteiger partial charge in [0.1, 0.15) is 33.7 Å². The van der Waals surface area contributed by atoms with E-state index in [0.717, 1.165) is 18.2 Å². The molecule has 2 amide bonds. The van der Waals surface area contributed by atoms with Gasteiger partial charge < -0.3 is 15.6 Å². The fraction of sp³-hybridized carbons (Fsp3) is 0.0385. The molecule has 0 aromatic heterocycles. The normalized spacial score (nSPS) is 11.7. The lowest BCUT2D eigenvalue weighted by molar-refractivity contribution is -0.274. The number of urea groups is 1. The van der Waals surface area contributed by atoms with Crippen molar-refractivity contribution in [1.29, 1.82) is 0 Å². The third-order valence-electron chi connectivity index (χ3n) is 5.31. The SMILES string of the molecule is NC(=O)N(NS(=O)(=O)c1ccc(F)cc1F)c1cc(-c2ccccc2Sc2ccc(OC(F)(F)F)cc2)ccc1O. The van der Waals surface area contributed by atoms with Gasteiger partial charge in [0, 0.05) is 15.9 Å². The highest BCUT2D eigenvalue weighted by molar-refractivity contribution is 7.99. The van der Waals surface area contributed by atoms with Gasteiger partial charge in [0.15, 0.2) is 0 Å². The number of anilines is 1. The first kappa shape index (κ1) is 29.6. The molecule has 0 bridgehead atoms. The number of amides is 2. The van der Waals surface area contributed by atoms with Crippen molar-refractivity contribution in [2.75, 3.05) is 5.01 Å². The first-order chi connectivity index (χ1) is 19.2. The van der Waals surface area contributed by atoms with E-state index in [2.05, 4.69) is 4.74 Å². The number of alkyl halides is 3. The number of hydrogen-bond donors (Lipinski definition) is 3. The lowest BCUT2D eigenvalue weighted by Gasteiger charge is -2.23. The minimum atomic E-state index is -4.84. The summed E-state index contributed by atoms with van der Waals surface area (Å²) in [4.78, 5) is 14.2. The van der Waals surface area contributed by atoms with Crippen LogP contribution in [0.5, 0.6) is 11.5 Å². The molecule has 4 N–H and O–H groups in total. The quantitative estimate of drug-likeness (QED) is 0.162. The van der Waals surface area contributed by atoms with E-state index >= 15 is 0 Å². The van der Waals surface area contributed by atoms with Crippen molar-refractivity contribution in [3.8, 4) is 22.6 Å². The van der Waals surface area contributed by atoms with Crippen LogP contribution in [0.1, 0.15) is 0 Å². The molecule has 214 valence electrons. The van der Waals surface area contributed by atoms with Crippen LogP contribution in [-0.2, 0) is 10.0 Å². The van der Waals surface area contributed by atoms with Gasteiger partial charge in [-0.05, 0) is 65.7 Å². The van der Waals surface area contributed by atoms with E-state index in [1.54, 1.807) is 29.1 Å². The number of benzene rings is 4. The number of ether oxygens (including phenoxy) is 1. The van der Waals surface area contributed by atoms with Crippen LogP contribution in [0.2, 0.25) is 0 Å². The van der Waals surface area contributed by atoms with Gasteiger partial charge in [-0.15, -0.1) is 18.0 Å². The topological polar surface area (TPSA) is 122 Å². The lowest BCUT2D eigenvalue weighted by Crippen LogP contribution is -2.49. The molecule has 8 nitrogen and oxygen atoms in total. The fourth-order valence-electron chi connectivity index (χ4n) is 3.58. The smallest absolute Gasteiger partial charge is 0.506 e. The monoisotopic (exact) mass is 611 g/mol. The zero-order valence-electron chi connectivity index (χ0n) is 20.4. The molecule has 0 radical (unpaired) electrons. The van der Waals surface area contributed by atoms with Gasteiger partial charge in [0.25, 0.3) is 10.0 Å². The third-order valence-corrected chi connectivity index (χ3v) is 7.73. The first-order valence-electron chi connectivity index (χ1n) is 11.3. The number of primary amides is 1. The van der Waals surface area contributed by atoms with Gasteiger partial charge in [-0.2, -0.15) is 0 Å². The van der Waals surface area contributed by atoms with Crippen LogP contribution in [0.15, 0.2) is 99.6 Å². The van der Waals surface area contributed by atoms with Crippen molar-refractivity contribution < 1.29 is 45.0 Å². The molecule has 0 unspecified atom stereocenters. The minimum Gasteiger partial charge on any atom is -0.506 e. The maximum atomic E-state index is 14.2. The predicted octanol–water partition coefficient (Wildman–Crippen LogP) is 6.17. The number of nitrogens with zero attached hydrogens (tertiary/aromatic N) is 1. The highest BCUT2D eigenvalue weighted by Crippen LogP contribution is 2.39. The van der Waals surface area contributed by atoms with E-state index in [1.807, 2.05) is 0 Å². The Bertz CT molecular complexity index is 1700. The molecule has 15 heteroatoms. The van der Waals surface area contributed by atoms with Crippen LogP contribution in [0.25, 0.3) is 11.1 Å². The number of hydrazine groups is 1. The first-order valence-corrected chi connectivity index (χ1v) is 13.6. The molecule has 0 aliphatic heterocycles. The highest BCUT2D eigenvalue weighted by Gasteiger charge is 2.31. The number of carbonyl (C=O) groups is 1. The van der Waals surface area contributed by atoms with Crippen molar-refractivity contribution in [3.63, 3.8) is 0 Å². The molecule has 0 spiro atoms. The summed E-state index contributed by atoms with van der Waals surface area (Å²) in [6, 6.07) is 16.1. The van der Waals surface area contributed by atoms with Crippen LogP contribution < -0.4 is 20.3 Å². The number of phenols is 1.